The predicted molar refractivity (Wildman–Crippen MR) is 103 cm³/mol. The van der Waals surface area contributed by atoms with Crippen LogP contribution in [0.5, 0.6) is 0 Å². The Balaban J connectivity index is 1.36. The zero-order chi connectivity index (χ0) is 23.0. The van der Waals surface area contributed by atoms with E-state index in [9.17, 15) is 32.3 Å². The fourth-order valence-electron chi connectivity index (χ4n) is 3.44. The van der Waals surface area contributed by atoms with Gasteiger partial charge in [0.15, 0.2) is 5.69 Å². The van der Waals surface area contributed by atoms with Crippen LogP contribution in [0.4, 0.5) is 23.0 Å². The van der Waals surface area contributed by atoms with Gasteiger partial charge in [-0.15, -0.1) is 0 Å². The van der Waals surface area contributed by atoms with E-state index in [0.29, 0.717) is 34.3 Å². The minimum atomic E-state index is -4.61. The highest BCUT2D eigenvalue weighted by atomic mass is 32.1. The molecule has 1 aromatic heterocycles. The topological polar surface area (TPSA) is 118 Å². The quantitative estimate of drug-likeness (QED) is 0.667. The van der Waals surface area contributed by atoms with Crippen LogP contribution in [-0.2, 0) is 33.7 Å². The molecular weight excluding hydrogens is 453 g/mol. The van der Waals surface area contributed by atoms with Crippen LogP contribution in [0, 0.1) is 0 Å². The normalized spacial score (nSPS) is 18.4. The van der Waals surface area contributed by atoms with E-state index in [-0.39, 0.29) is 42.8 Å². The van der Waals surface area contributed by atoms with Gasteiger partial charge in [-0.2, -0.15) is 17.5 Å². The Bertz CT molecular complexity index is 1120. The summed E-state index contributed by atoms with van der Waals surface area (Å²) in [6.45, 7) is -0.00920. The first-order valence-electron chi connectivity index (χ1n) is 9.36. The molecule has 1 aromatic carbocycles. The number of benzene rings is 1. The molecule has 32 heavy (non-hydrogen) atoms. The van der Waals surface area contributed by atoms with E-state index < -0.39 is 29.9 Å². The monoisotopic (exact) mass is 468 g/mol. The Labute approximate surface area is 182 Å². The molecule has 0 saturated carbocycles. The first kappa shape index (κ1) is 21.7. The van der Waals surface area contributed by atoms with E-state index >= 15 is 0 Å². The summed E-state index contributed by atoms with van der Waals surface area (Å²) in [6, 6.07) is 4.81. The van der Waals surface area contributed by atoms with Crippen LogP contribution in [-0.4, -0.2) is 39.1 Å². The van der Waals surface area contributed by atoms with Crippen molar-refractivity contribution in [3.63, 3.8) is 0 Å². The fourth-order valence-corrected chi connectivity index (χ4v) is 4.09. The van der Waals surface area contributed by atoms with Crippen molar-refractivity contribution in [2.24, 2.45) is 0 Å². The van der Waals surface area contributed by atoms with Crippen molar-refractivity contribution >= 4 is 40.3 Å². The largest absolute Gasteiger partial charge is 0.444 e. The number of nitrogens with one attached hydrogen (secondary N) is 2. The van der Waals surface area contributed by atoms with Crippen molar-refractivity contribution in [3.05, 3.63) is 46.6 Å². The third-order valence-corrected chi connectivity index (χ3v) is 5.69. The summed E-state index contributed by atoms with van der Waals surface area (Å²) >= 11 is 0.471. The van der Waals surface area contributed by atoms with Crippen LogP contribution < -0.4 is 10.6 Å². The lowest BCUT2D eigenvalue weighted by atomic mass is 10.0. The molecule has 4 rings (SSSR count). The molecule has 168 valence electrons. The van der Waals surface area contributed by atoms with Gasteiger partial charge in [-0.25, -0.2) is 4.79 Å². The highest BCUT2D eigenvalue weighted by Gasteiger charge is 2.39. The molecule has 2 aliphatic rings. The van der Waals surface area contributed by atoms with Crippen molar-refractivity contribution in [3.8, 4) is 0 Å². The van der Waals surface area contributed by atoms with Gasteiger partial charge < -0.3 is 9.64 Å². The number of ether oxygens (including phenoxy) is 1. The van der Waals surface area contributed by atoms with E-state index in [1.807, 2.05) is 0 Å². The van der Waals surface area contributed by atoms with Crippen molar-refractivity contribution < 1.29 is 37.1 Å². The van der Waals surface area contributed by atoms with Gasteiger partial charge >= 0.3 is 12.3 Å². The number of halogens is 3. The summed E-state index contributed by atoms with van der Waals surface area (Å²) < 4.78 is 45.9. The van der Waals surface area contributed by atoms with Gasteiger partial charge in [-0.05, 0) is 35.1 Å². The first-order valence-corrected chi connectivity index (χ1v) is 10.1. The van der Waals surface area contributed by atoms with Crippen molar-refractivity contribution in [1.82, 2.24) is 14.6 Å². The Kier molecular flexibility index (Phi) is 5.59. The fraction of sp³-hybridized carbons (Fsp3) is 0.316. The molecule has 4 amide bonds. The third kappa shape index (κ3) is 4.42. The van der Waals surface area contributed by atoms with Crippen LogP contribution in [0.3, 0.4) is 0 Å². The maximum Gasteiger partial charge on any atom is 0.434 e. The highest BCUT2D eigenvalue weighted by molar-refractivity contribution is 7.10. The summed E-state index contributed by atoms with van der Waals surface area (Å²) in [7, 11) is 0. The number of carbonyl (C=O) groups excluding carboxylic acids is 4. The van der Waals surface area contributed by atoms with Crippen LogP contribution in [0.25, 0.3) is 0 Å². The number of hydrogen-bond acceptors (Lipinski definition) is 7. The summed E-state index contributed by atoms with van der Waals surface area (Å²) in [5.74, 6) is -1.26. The Morgan fingerprint density at radius 2 is 2.06 bits per heavy atom. The van der Waals surface area contributed by atoms with Crippen LogP contribution >= 0.6 is 11.5 Å². The van der Waals surface area contributed by atoms with E-state index in [4.69, 9.17) is 4.74 Å². The molecule has 1 unspecified atom stereocenters. The second kappa shape index (κ2) is 8.22. The molecule has 2 aromatic rings. The molecule has 0 aliphatic carbocycles. The minimum Gasteiger partial charge on any atom is -0.444 e. The van der Waals surface area contributed by atoms with Gasteiger partial charge in [-0.3, -0.25) is 25.0 Å². The highest BCUT2D eigenvalue weighted by Crippen LogP contribution is 2.32. The zero-order valence-electron chi connectivity index (χ0n) is 16.2. The number of rotatable bonds is 4. The van der Waals surface area contributed by atoms with E-state index in [1.54, 1.807) is 12.1 Å². The summed E-state index contributed by atoms with van der Waals surface area (Å²) in [5.41, 5.74) is 0.416. The second-order valence-electron chi connectivity index (χ2n) is 7.17. The minimum absolute atomic E-state index is 0.119. The Morgan fingerprint density at radius 3 is 2.75 bits per heavy atom. The zero-order valence-corrected chi connectivity index (χ0v) is 17.0. The smallest absolute Gasteiger partial charge is 0.434 e. The van der Waals surface area contributed by atoms with Gasteiger partial charge in [0.25, 0.3) is 5.91 Å². The van der Waals surface area contributed by atoms with Crippen LogP contribution in [0.1, 0.15) is 40.0 Å². The number of fused-ring (bicyclic) bond motifs is 1. The van der Waals surface area contributed by atoms with E-state index in [1.165, 1.54) is 11.0 Å². The molecule has 0 spiro atoms. The van der Waals surface area contributed by atoms with Crippen LogP contribution in [0.2, 0.25) is 0 Å². The Hall–Kier alpha value is -3.48. The number of imide groups is 1. The van der Waals surface area contributed by atoms with Crippen molar-refractivity contribution in [2.45, 2.75) is 38.2 Å². The molecule has 0 bridgehead atoms. The predicted octanol–water partition coefficient (Wildman–Crippen LogP) is 2.67. The van der Waals surface area contributed by atoms with Crippen molar-refractivity contribution in [2.75, 3.05) is 5.32 Å². The number of anilines is 1. The number of nitrogens with zero attached hydrogens (tertiary/aromatic N) is 2. The second-order valence-corrected chi connectivity index (χ2v) is 7.97. The average molecular weight is 468 g/mol. The maximum atomic E-state index is 12.8. The number of carbonyl (C=O) groups is 4. The SMILES string of the molecule is O=C1CCC(N2Cc3ccc(COC(=O)Nc4cc(C(F)(F)F)ns4)cc3C2=O)C(=O)N1. The van der Waals surface area contributed by atoms with Gasteiger partial charge in [-0.1, -0.05) is 12.1 Å². The summed E-state index contributed by atoms with van der Waals surface area (Å²) in [6.07, 6.45) is -5.19. The molecule has 13 heteroatoms. The maximum absolute atomic E-state index is 12.8. The first-order chi connectivity index (χ1) is 15.1. The number of piperidine rings is 1. The lowest BCUT2D eigenvalue weighted by Crippen LogP contribution is -2.52. The average Bonchev–Trinajstić information content (AvgIpc) is 3.31. The molecule has 1 atom stereocenters. The standard InChI is InChI=1S/C19H15F3N4O5S/c20-19(21,22)13-6-15(32-25-13)24-18(30)31-8-9-1-2-10-7-26(17(29)11(10)5-9)12-3-4-14(27)23-16(12)28/h1-2,5-6,12H,3-4,7-8H2,(H,24,30)(H,23,27,28). The van der Waals surface area contributed by atoms with Gasteiger partial charge in [0, 0.05) is 24.6 Å². The third-order valence-electron chi connectivity index (χ3n) is 4.99. The number of hydrogen-bond donors (Lipinski definition) is 2. The van der Waals surface area contributed by atoms with E-state index in [0.717, 1.165) is 0 Å². The molecule has 9 nitrogen and oxygen atoms in total. The molecule has 2 aliphatic heterocycles. The molecule has 1 fully saturated rings. The molecule has 1 saturated heterocycles. The lowest BCUT2D eigenvalue weighted by Gasteiger charge is -2.29. The molecule has 3 heterocycles. The molecule has 0 radical (unpaired) electrons. The lowest BCUT2D eigenvalue weighted by molar-refractivity contribution is -0.140. The number of alkyl halides is 3. The molecular formula is C19H15F3N4O5S. The number of amides is 4. The Morgan fingerprint density at radius 1 is 1.28 bits per heavy atom. The summed E-state index contributed by atoms with van der Waals surface area (Å²) in [4.78, 5) is 49.5. The van der Waals surface area contributed by atoms with Gasteiger partial charge in [0.1, 0.15) is 17.6 Å². The van der Waals surface area contributed by atoms with Gasteiger partial charge in [0.2, 0.25) is 11.8 Å². The summed E-state index contributed by atoms with van der Waals surface area (Å²) in [5, 5.41) is 4.28. The van der Waals surface area contributed by atoms with E-state index in [2.05, 4.69) is 15.0 Å². The molecule has 2 N–H and O–H groups in total. The number of aromatic nitrogens is 1. The van der Waals surface area contributed by atoms with Crippen LogP contribution in [0.15, 0.2) is 24.3 Å². The van der Waals surface area contributed by atoms with Gasteiger partial charge in [0.05, 0.1) is 0 Å². The van der Waals surface area contributed by atoms with Crippen molar-refractivity contribution in [1.29, 1.82) is 0 Å².